The van der Waals surface area contributed by atoms with E-state index < -0.39 is 0 Å². The van der Waals surface area contributed by atoms with Crippen molar-refractivity contribution >= 4 is 35.0 Å². The molecule has 1 N–H and O–H groups in total. The maximum absolute atomic E-state index is 13.3. The van der Waals surface area contributed by atoms with Gasteiger partial charge in [-0.3, -0.25) is 9.36 Å². The molecule has 31 heavy (non-hydrogen) atoms. The molecule has 1 aromatic heterocycles. The summed E-state index contributed by atoms with van der Waals surface area (Å²) in [7, 11) is 0. The van der Waals surface area contributed by atoms with Crippen molar-refractivity contribution in [1.29, 1.82) is 0 Å². The lowest BCUT2D eigenvalue weighted by Gasteiger charge is -2.14. The van der Waals surface area contributed by atoms with Gasteiger partial charge in [-0.2, -0.15) is 0 Å². The number of halogens is 2. The SMILES string of the molecule is O=C(CCSc1nnc(-c2ccc(F)cc2)n1CC1CCCO1)Nc1cccc(Cl)c1. The molecule has 1 aliphatic heterocycles. The number of amides is 1. The average Bonchev–Trinajstić information content (AvgIpc) is 3.40. The number of anilines is 1. The van der Waals surface area contributed by atoms with E-state index in [4.69, 9.17) is 16.3 Å². The van der Waals surface area contributed by atoms with Gasteiger partial charge in [0, 0.05) is 35.1 Å². The summed E-state index contributed by atoms with van der Waals surface area (Å²) in [5.41, 5.74) is 1.46. The molecule has 0 spiro atoms. The molecule has 1 amide bonds. The zero-order chi connectivity index (χ0) is 21.6. The molecule has 0 saturated carbocycles. The van der Waals surface area contributed by atoms with Gasteiger partial charge in [-0.25, -0.2) is 4.39 Å². The van der Waals surface area contributed by atoms with Crippen LogP contribution in [0.4, 0.5) is 10.1 Å². The molecule has 6 nitrogen and oxygen atoms in total. The molecule has 3 aromatic rings. The lowest BCUT2D eigenvalue weighted by atomic mass is 10.2. The van der Waals surface area contributed by atoms with Gasteiger partial charge in [0.25, 0.3) is 0 Å². The lowest BCUT2D eigenvalue weighted by Crippen LogP contribution is -2.17. The van der Waals surface area contributed by atoms with Gasteiger partial charge in [0.15, 0.2) is 11.0 Å². The molecule has 1 saturated heterocycles. The van der Waals surface area contributed by atoms with E-state index in [1.54, 1.807) is 36.4 Å². The van der Waals surface area contributed by atoms with E-state index in [1.165, 1.54) is 23.9 Å². The minimum Gasteiger partial charge on any atom is -0.376 e. The molecule has 2 aromatic carbocycles. The third kappa shape index (κ3) is 5.84. The molecule has 1 unspecified atom stereocenters. The summed E-state index contributed by atoms with van der Waals surface area (Å²) in [5.74, 6) is 0.814. The van der Waals surface area contributed by atoms with Crippen molar-refractivity contribution in [1.82, 2.24) is 14.8 Å². The fraction of sp³-hybridized carbons (Fsp3) is 0.318. The number of carbonyl (C=O) groups is 1. The van der Waals surface area contributed by atoms with Crippen LogP contribution in [-0.2, 0) is 16.1 Å². The fourth-order valence-corrected chi connectivity index (χ4v) is 4.46. The quantitative estimate of drug-likeness (QED) is 0.477. The summed E-state index contributed by atoms with van der Waals surface area (Å²) in [6.45, 7) is 1.38. The second-order valence-electron chi connectivity index (χ2n) is 7.22. The highest BCUT2D eigenvalue weighted by Crippen LogP contribution is 2.27. The van der Waals surface area contributed by atoms with Gasteiger partial charge in [0.2, 0.25) is 5.91 Å². The number of aromatic nitrogens is 3. The average molecular weight is 461 g/mol. The second-order valence-corrected chi connectivity index (χ2v) is 8.71. The van der Waals surface area contributed by atoms with Gasteiger partial charge >= 0.3 is 0 Å². The molecule has 0 bridgehead atoms. The van der Waals surface area contributed by atoms with Crippen LogP contribution >= 0.6 is 23.4 Å². The Morgan fingerprint density at radius 2 is 2.10 bits per heavy atom. The Morgan fingerprint density at radius 3 is 2.84 bits per heavy atom. The van der Waals surface area contributed by atoms with Crippen LogP contribution in [0.2, 0.25) is 5.02 Å². The van der Waals surface area contributed by atoms with Crippen LogP contribution in [0.1, 0.15) is 19.3 Å². The van der Waals surface area contributed by atoms with Gasteiger partial charge in [0.05, 0.1) is 12.6 Å². The molecule has 1 aliphatic rings. The van der Waals surface area contributed by atoms with E-state index in [2.05, 4.69) is 15.5 Å². The minimum atomic E-state index is -0.297. The highest BCUT2D eigenvalue weighted by molar-refractivity contribution is 7.99. The number of ether oxygens (including phenoxy) is 1. The van der Waals surface area contributed by atoms with Crippen molar-refractivity contribution in [2.75, 3.05) is 17.7 Å². The normalized spacial score (nSPS) is 15.9. The Bertz CT molecular complexity index is 1040. The van der Waals surface area contributed by atoms with Crippen LogP contribution in [0.25, 0.3) is 11.4 Å². The molecule has 0 radical (unpaired) electrons. The Morgan fingerprint density at radius 1 is 1.26 bits per heavy atom. The first-order valence-corrected chi connectivity index (χ1v) is 11.4. The first kappa shape index (κ1) is 21.8. The smallest absolute Gasteiger partial charge is 0.225 e. The van der Waals surface area contributed by atoms with Crippen LogP contribution in [0.15, 0.2) is 53.7 Å². The van der Waals surface area contributed by atoms with Crippen molar-refractivity contribution in [2.45, 2.75) is 37.1 Å². The van der Waals surface area contributed by atoms with Crippen LogP contribution in [0, 0.1) is 5.82 Å². The zero-order valence-corrected chi connectivity index (χ0v) is 18.3. The number of carbonyl (C=O) groups excluding carboxylic acids is 1. The van der Waals surface area contributed by atoms with Gasteiger partial charge in [-0.05, 0) is 55.3 Å². The molecule has 9 heteroatoms. The van der Waals surface area contributed by atoms with Gasteiger partial charge in [0.1, 0.15) is 5.82 Å². The minimum absolute atomic E-state index is 0.0978. The van der Waals surface area contributed by atoms with Crippen molar-refractivity contribution in [3.63, 3.8) is 0 Å². The standard InChI is InChI=1S/C22H22ClFN4O2S/c23-16-3-1-4-18(13-16)25-20(29)10-12-31-22-27-26-21(15-6-8-17(24)9-7-15)28(22)14-19-5-2-11-30-19/h1,3-4,6-9,13,19H,2,5,10-12,14H2,(H,25,29). The van der Waals surface area contributed by atoms with Crippen LogP contribution in [0.3, 0.4) is 0 Å². The van der Waals surface area contributed by atoms with E-state index in [9.17, 15) is 9.18 Å². The predicted octanol–water partition coefficient (Wildman–Crippen LogP) is 5.04. The molecule has 2 heterocycles. The van der Waals surface area contributed by atoms with Crippen molar-refractivity contribution in [3.05, 3.63) is 59.4 Å². The topological polar surface area (TPSA) is 69.0 Å². The third-order valence-corrected chi connectivity index (χ3v) is 6.10. The maximum Gasteiger partial charge on any atom is 0.225 e. The highest BCUT2D eigenvalue weighted by Gasteiger charge is 2.22. The monoisotopic (exact) mass is 460 g/mol. The van der Waals surface area contributed by atoms with Crippen molar-refractivity contribution in [3.8, 4) is 11.4 Å². The molecule has 4 rings (SSSR count). The Kier molecular flexibility index (Phi) is 7.21. The molecule has 0 aliphatic carbocycles. The van der Waals surface area contributed by atoms with Crippen LogP contribution in [0.5, 0.6) is 0 Å². The summed E-state index contributed by atoms with van der Waals surface area (Å²) < 4.78 is 21.1. The van der Waals surface area contributed by atoms with E-state index in [0.29, 0.717) is 40.4 Å². The van der Waals surface area contributed by atoms with E-state index >= 15 is 0 Å². The van der Waals surface area contributed by atoms with Crippen LogP contribution < -0.4 is 5.32 Å². The number of hydrogen-bond acceptors (Lipinski definition) is 5. The first-order chi connectivity index (χ1) is 15.1. The van der Waals surface area contributed by atoms with Gasteiger partial charge < -0.3 is 10.1 Å². The van der Waals surface area contributed by atoms with Gasteiger partial charge in [-0.1, -0.05) is 29.4 Å². The van der Waals surface area contributed by atoms with E-state index in [0.717, 1.165) is 25.0 Å². The summed E-state index contributed by atoms with van der Waals surface area (Å²) in [6.07, 6.45) is 2.43. The number of rotatable bonds is 8. The third-order valence-electron chi connectivity index (χ3n) is 4.90. The number of nitrogens with zero attached hydrogens (tertiary/aromatic N) is 3. The van der Waals surface area contributed by atoms with Crippen molar-refractivity contribution < 1.29 is 13.9 Å². The van der Waals surface area contributed by atoms with E-state index in [1.807, 2.05) is 4.57 Å². The lowest BCUT2D eigenvalue weighted by molar-refractivity contribution is -0.115. The maximum atomic E-state index is 13.3. The zero-order valence-electron chi connectivity index (χ0n) is 16.8. The Balaban J connectivity index is 1.43. The fourth-order valence-electron chi connectivity index (χ4n) is 3.39. The molecule has 1 fully saturated rings. The van der Waals surface area contributed by atoms with Gasteiger partial charge in [-0.15, -0.1) is 10.2 Å². The molecular formula is C22H22ClFN4O2S. The second kappa shape index (κ2) is 10.3. The summed E-state index contributed by atoms with van der Waals surface area (Å²) in [6, 6.07) is 13.3. The number of thioether (sulfide) groups is 1. The number of nitrogens with one attached hydrogen (secondary N) is 1. The number of benzene rings is 2. The summed E-state index contributed by atoms with van der Waals surface area (Å²) in [4.78, 5) is 12.3. The van der Waals surface area contributed by atoms with Crippen LogP contribution in [-0.4, -0.2) is 39.1 Å². The van der Waals surface area contributed by atoms with E-state index in [-0.39, 0.29) is 17.8 Å². The first-order valence-electron chi connectivity index (χ1n) is 10.1. The molecule has 1 atom stereocenters. The Hall–Kier alpha value is -2.42. The number of hydrogen-bond donors (Lipinski definition) is 1. The highest BCUT2D eigenvalue weighted by atomic mass is 35.5. The summed E-state index contributed by atoms with van der Waals surface area (Å²) in [5, 5.41) is 12.8. The van der Waals surface area contributed by atoms with Crippen molar-refractivity contribution in [2.24, 2.45) is 0 Å². The summed E-state index contributed by atoms with van der Waals surface area (Å²) >= 11 is 7.42. The Labute approximate surface area is 189 Å². The molecule has 162 valence electrons. The molecular weight excluding hydrogens is 439 g/mol. The predicted molar refractivity (Wildman–Crippen MR) is 120 cm³/mol. The largest absolute Gasteiger partial charge is 0.376 e.